The Kier molecular flexibility index (Phi) is 7.44. The summed E-state index contributed by atoms with van der Waals surface area (Å²) in [5.41, 5.74) is 0. The van der Waals surface area contributed by atoms with Crippen LogP contribution in [0.3, 0.4) is 0 Å². The van der Waals surface area contributed by atoms with Gasteiger partial charge in [-0.25, -0.2) is 19.7 Å². The van der Waals surface area contributed by atoms with Crippen LogP contribution in [0.4, 0.5) is 19.1 Å². The minimum absolute atomic E-state index is 0.285. The molecular formula is C19H25F3N6O3. The molecule has 9 nitrogen and oxygen atoms in total. The number of halogens is 3. The van der Waals surface area contributed by atoms with Crippen LogP contribution >= 0.6 is 0 Å². The van der Waals surface area contributed by atoms with Crippen molar-refractivity contribution in [3.05, 3.63) is 36.7 Å². The summed E-state index contributed by atoms with van der Waals surface area (Å²) in [4.78, 5) is 26.8. The number of carboxylic acids is 1. The zero-order valence-corrected chi connectivity index (χ0v) is 17.1. The zero-order valence-electron chi connectivity index (χ0n) is 17.1. The molecule has 2 aliphatic heterocycles. The number of ether oxygens (including phenoxy) is 1. The van der Waals surface area contributed by atoms with Crippen LogP contribution in [0.25, 0.3) is 0 Å². The maximum Gasteiger partial charge on any atom is 0.490 e. The Morgan fingerprint density at radius 1 is 1.19 bits per heavy atom. The number of aromatic nitrogens is 4. The fourth-order valence-corrected chi connectivity index (χ4v) is 3.64. The second-order valence-corrected chi connectivity index (χ2v) is 7.45. The van der Waals surface area contributed by atoms with Crippen molar-refractivity contribution in [3.8, 4) is 0 Å². The highest BCUT2D eigenvalue weighted by Gasteiger charge is 2.38. The molecule has 2 aliphatic rings. The lowest BCUT2D eigenvalue weighted by atomic mass is 9.93. The van der Waals surface area contributed by atoms with Crippen molar-refractivity contribution in [2.75, 3.05) is 37.7 Å². The van der Waals surface area contributed by atoms with E-state index < -0.39 is 12.1 Å². The lowest BCUT2D eigenvalue weighted by Crippen LogP contribution is -2.46. The van der Waals surface area contributed by atoms with E-state index in [1.54, 1.807) is 12.4 Å². The quantitative estimate of drug-likeness (QED) is 0.765. The Hall–Kier alpha value is -2.73. The van der Waals surface area contributed by atoms with Gasteiger partial charge in [0, 0.05) is 57.4 Å². The Balaban J connectivity index is 0.000000339. The van der Waals surface area contributed by atoms with Gasteiger partial charge in [0.1, 0.15) is 5.82 Å². The van der Waals surface area contributed by atoms with E-state index in [1.165, 1.54) is 0 Å². The monoisotopic (exact) mass is 442 g/mol. The molecule has 0 aromatic carbocycles. The number of carboxylic acid groups (broad SMARTS) is 1. The second-order valence-electron chi connectivity index (χ2n) is 7.45. The van der Waals surface area contributed by atoms with Crippen LogP contribution in [0.5, 0.6) is 0 Å². The molecule has 4 heterocycles. The summed E-state index contributed by atoms with van der Waals surface area (Å²) in [6, 6.07) is 1.86. The van der Waals surface area contributed by atoms with Crippen LogP contribution in [0.15, 0.2) is 30.9 Å². The largest absolute Gasteiger partial charge is 0.490 e. The second kappa shape index (κ2) is 10.1. The van der Waals surface area contributed by atoms with Gasteiger partial charge in [0.25, 0.3) is 0 Å². The lowest BCUT2D eigenvalue weighted by molar-refractivity contribution is -0.192. The van der Waals surface area contributed by atoms with Crippen LogP contribution in [-0.2, 0) is 23.1 Å². The number of hydrogen-bond acceptors (Lipinski definition) is 7. The van der Waals surface area contributed by atoms with Crippen molar-refractivity contribution in [1.29, 1.82) is 0 Å². The van der Waals surface area contributed by atoms with Crippen LogP contribution in [0.1, 0.15) is 12.2 Å². The number of likely N-dealkylation sites (tertiary alicyclic amines) is 1. The summed E-state index contributed by atoms with van der Waals surface area (Å²) in [6.45, 7) is 5.51. The van der Waals surface area contributed by atoms with E-state index in [-0.39, 0.29) is 6.10 Å². The first-order valence-electron chi connectivity index (χ1n) is 9.86. The van der Waals surface area contributed by atoms with Gasteiger partial charge in [0.15, 0.2) is 0 Å². The van der Waals surface area contributed by atoms with E-state index in [0.29, 0.717) is 5.92 Å². The summed E-state index contributed by atoms with van der Waals surface area (Å²) in [5.74, 6) is -0.292. The number of carbonyl (C=O) groups is 1. The van der Waals surface area contributed by atoms with Gasteiger partial charge in [-0.1, -0.05) is 0 Å². The predicted molar refractivity (Wildman–Crippen MR) is 104 cm³/mol. The molecule has 2 fully saturated rings. The van der Waals surface area contributed by atoms with Gasteiger partial charge in [0.05, 0.1) is 19.3 Å². The predicted octanol–water partition coefficient (Wildman–Crippen LogP) is 1.57. The van der Waals surface area contributed by atoms with E-state index in [2.05, 4.69) is 36.4 Å². The molecule has 2 aromatic heterocycles. The van der Waals surface area contributed by atoms with Gasteiger partial charge in [-0.15, -0.1) is 0 Å². The number of aryl methyl sites for hydroxylation is 1. The molecular weight excluding hydrogens is 417 g/mol. The number of hydrogen-bond donors (Lipinski definition) is 1. The molecule has 0 spiro atoms. The molecule has 31 heavy (non-hydrogen) atoms. The summed E-state index contributed by atoms with van der Waals surface area (Å²) in [5, 5.41) is 7.12. The molecule has 0 amide bonds. The first-order chi connectivity index (χ1) is 14.7. The average molecular weight is 442 g/mol. The number of aliphatic carboxylic acids is 1. The first-order valence-corrected chi connectivity index (χ1v) is 9.86. The van der Waals surface area contributed by atoms with Crippen LogP contribution in [0.2, 0.25) is 0 Å². The van der Waals surface area contributed by atoms with Crippen LogP contribution in [0, 0.1) is 5.92 Å². The Morgan fingerprint density at radius 2 is 1.90 bits per heavy atom. The highest BCUT2D eigenvalue weighted by molar-refractivity contribution is 5.73. The van der Waals surface area contributed by atoms with Gasteiger partial charge in [0.2, 0.25) is 5.95 Å². The van der Waals surface area contributed by atoms with Gasteiger partial charge >= 0.3 is 12.1 Å². The fraction of sp³-hybridized carbons (Fsp3) is 0.579. The molecule has 2 saturated heterocycles. The topological polar surface area (TPSA) is 96.6 Å². The minimum Gasteiger partial charge on any atom is -0.475 e. The van der Waals surface area contributed by atoms with Gasteiger partial charge < -0.3 is 19.3 Å². The Labute approximate surface area is 177 Å². The molecule has 0 aliphatic carbocycles. The summed E-state index contributed by atoms with van der Waals surface area (Å²) in [7, 11) is 2.05. The standard InChI is InChI=1S/C17H24N6O.C2HF3O2/c1-21-8-6-18-16(21)13-22-7-3-14-11-23(9-10-24-15(14)12-22)17-19-4-2-5-20-17;3-2(4,5)1(6)7/h2,4-6,8,14-15H,3,7,9-13H2,1H3;(H,6,7). The number of anilines is 1. The van der Waals surface area contributed by atoms with Crippen molar-refractivity contribution in [2.24, 2.45) is 13.0 Å². The molecule has 0 saturated carbocycles. The molecule has 170 valence electrons. The smallest absolute Gasteiger partial charge is 0.475 e. The lowest BCUT2D eigenvalue weighted by Gasteiger charge is -2.37. The number of imidazole rings is 1. The summed E-state index contributed by atoms with van der Waals surface area (Å²) >= 11 is 0. The maximum absolute atomic E-state index is 10.6. The third kappa shape index (κ3) is 6.37. The summed E-state index contributed by atoms with van der Waals surface area (Å²) in [6.07, 6.45) is 3.82. The molecule has 2 atom stereocenters. The Morgan fingerprint density at radius 3 is 2.52 bits per heavy atom. The van der Waals surface area contributed by atoms with E-state index in [9.17, 15) is 13.2 Å². The zero-order chi connectivity index (χ0) is 22.4. The van der Waals surface area contributed by atoms with Crippen LogP contribution in [-0.4, -0.2) is 80.6 Å². The normalized spacial score (nSPS) is 22.1. The highest BCUT2D eigenvalue weighted by atomic mass is 19.4. The molecule has 4 rings (SSSR count). The number of nitrogens with zero attached hydrogens (tertiary/aromatic N) is 6. The van der Waals surface area contributed by atoms with Crippen molar-refractivity contribution in [2.45, 2.75) is 25.2 Å². The molecule has 12 heteroatoms. The molecule has 1 N–H and O–H groups in total. The number of fused-ring (bicyclic) bond motifs is 1. The molecule has 0 radical (unpaired) electrons. The third-order valence-electron chi connectivity index (χ3n) is 5.29. The van der Waals surface area contributed by atoms with Crippen LogP contribution < -0.4 is 4.90 Å². The minimum atomic E-state index is -5.08. The van der Waals surface area contributed by atoms with Crippen molar-refractivity contribution in [3.63, 3.8) is 0 Å². The van der Waals surface area contributed by atoms with E-state index in [1.807, 2.05) is 18.5 Å². The van der Waals surface area contributed by atoms with E-state index in [4.69, 9.17) is 14.6 Å². The van der Waals surface area contributed by atoms with Gasteiger partial charge in [-0.2, -0.15) is 13.2 Å². The molecule has 2 aromatic rings. The SMILES string of the molecule is Cn1ccnc1CN1CCC2CN(c3ncccn3)CCOC2C1.O=C(O)C(F)(F)F. The third-order valence-corrected chi connectivity index (χ3v) is 5.29. The van der Waals surface area contributed by atoms with Gasteiger partial charge in [-0.3, -0.25) is 4.90 Å². The summed E-state index contributed by atoms with van der Waals surface area (Å²) < 4.78 is 40.0. The van der Waals surface area contributed by atoms with Crippen molar-refractivity contribution >= 4 is 11.9 Å². The number of alkyl halides is 3. The fourth-order valence-electron chi connectivity index (χ4n) is 3.64. The first kappa shape index (κ1) is 22.9. The van der Waals surface area contributed by atoms with E-state index >= 15 is 0 Å². The van der Waals surface area contributed by atoms with Crippen molar-refractivity contribution in [1.82, 2.24) is 24.4 Å². The number of rotatable bonds is 3. The maximum atomic E-state index is 10.6. The van der Waals surface area contributed by atoms with Gasteiger partial charge in [-0.05, 0) is 19.0 Å². The van der Waals surface area contributed by atoms with Crippen molar-refractivity contribution < 1.29 is 27.8 Å². The Bertz CT molecular complexity index is 848. The highest BCUT2D eigenvalue weighted by Crippen LogP contribution is 2.26. The average Bonchev–Trinajstić information content (AvgIpc) is 3.01. The number of piperidine rings is 1. The molecule has 0 bridgehead atoms. The van der Waals surface area contributed by atoms with E-state index in [0.717, 1.165) is 57.5 Å². The molecule has 2 unspecified atom stereocenters.